The van der Waals surface area contributed by atoms with Crippen molar-refractivity contribution in [3.05, 3.63) is 30.2 Å². The number of hydrogen-bond donors (Lipinski definition) is 1. The zero-order chi connectivity index (χ0) is 17.5. The van der Waals surface area contributed by atoms with Gasteiger partial charge >= 0.3 is 0 Å². The molecule has 4 aromatic rings. The van der Waals surface area contributed by atoms with E-state index in [9.17, 15) is 0 Å². The van der Waals surface area contributed by atoms with Crippen LogP contribution in [-0.4, -0.2) is 24.5 Å². The fraction of sp³-hybridized carbons (Fsp3) is 0.368. The van der Waals surface area contributed by atoms with Crippen LogP contribution in [0.2, 0.25) is 0 Å². The molecule has 4 heterocycles. The highest BCUT2D eigenvalue weighted by molar-refractivity contribution is 7.13. The predicted octanol–water partition coefficient (Wildman–Crippen LogP) is 4.68. The Morgan fingerprint density at radius 1 is 1.27 bits per heavy atom. The summed E-state index contributed by atoms with van der Waals surface area (Å²) >= 11 is 1.62. The van der Waals surface area contributed by atoms with E-state index in [0.717, 1.165) is 58.5 Å². The van der Waals surface area contributed by atoms with E-state index in [1.807, 2.05) is 24.1 Å². The van der Waals surface area contributed by atoms with Gasteiger partial charge in [-0.25, -0.2) is 9.97 Å². The Balaban J connectivity index is 1.68. The topological polar surface area (TPSA) is 83.2 Å². The molecule has 0 amide bonds. The molecule has 130 valence electrons. The molecule has 26 heavy (non-hydrogen) atoms. The van der Waals surface area contributed by atoms with Crippen molar-refractivity contribution >= 4 is 33.4 Å². The summed E-state index contributed by atoms with van der Waals surface area (Å²) in [6, 6.07) is 4.81. The lowest BCUT2D eigenvalue weighted by molar-refractivity contribution is 0.283. The van der Waals surface area contributed by atoms with Crippen molar-refractivity contribution in [2.75, 3.05) is 0 Å². The largest absolute Gasteiger partial charge is 0.346 e. The lowest BCUT2D eigenvalue weighted by Gasteiger charge is -2.29. The third-order valence-corrected chi connectivity index (χ3v) is 6.22. The molecule has 1 saturated carbocycles. The zero-order valence-electron chi connectivity index (χ0n) is 14.2. The molecule has 1 aliphatic carbocycles. The molecule has 5 rings (SSSR count). The van der Waals surface area contributed by atoms with E-state index in [0.29, 0.717) is 18.4 Å². The van der Waals surface area contributed by atoms with Crippen LogP contribution < -0.4 is 0 Å². The first-order valence-electron chi connectivity index (χ1n) is 8.95. The Labute approximate surface area is 154 Å². The molecule has 4 aromatic heterocycles. The van der Waals surface area contributed by atoms with Crippen molar-refractivity contribution < 1.29 is 0 Å². The molecule has 0 aliphatic heterocycles. The summed E-state index contributed by atoms with van der Waals surface area (Å²) in [5.41, 5.74) is 4.84. The fourth-order valence-corrected chi connectivity index (χ4v) is 4.79. The van der Waals surface area contributed by atoms with Crippen LogP contribution in [0.3, 0.4) is 0 Å². The maximum Gasteiger partial charge on any atom is 0.153 e. The summed E-state index contributed by atoms with van der Waals surface area (Å²) in [7, 11) is 0. The highest BCUT2D eigenvalue weighted by Crippen LogP contribution is 2.40. The highest BCUT2D eigenvalue weighted by atomic mass is 32.1. The van der Waals surface area contributed by atoms with E-state index in [4.69, 9.17) is 10.2 Å². The smallest absolute Gasteiger partial charge is 0.153 e. The monoisotopic (exact) mass is 362 g/mol. The van der Waals surface area contributed by atoms with Gasteiger partial charge in [-0.05, 0) is 37.7 Å². The summed E-state index contributed by atoms with van der Waals surface area (Å²) in [5.74, 6) is 1.52. The second-order valence-corrected chi connectivity index (χ2v) is 7.83. The summed E-state index contributed by atoms with van der Waals surface area (Å²) in [6.07, 6.45) is 10.7. The Kier molecular flexibility index (Phi) is 3.71. The average Bonchev–Trinajstić information content (AvgIpc) is 3.40. The van der Waals surface area contributed by atoms with Crippen molar-refractivity contribution in [2.24, 2.45) is 5.92 Å². The molecule has 0 unspecified atom stereocenters. The van der Waals surface area contributed by atoms with Gasteiger partial charge in [-0.15, -0.1) is 11.3 Å². The Morgan fingerprint density at radius 3 is 2.92 bits per heavy atom. The number of pyridine rings is 1. The van der Waals surface area contributed by atoms with Gasteiger partial charge in [-0.3, -0.25) is 4.98 Å². The molecule has 7 heteroatoms. The van der Waals surface area contributed by atoms with Gasteiger partial charge in [0.25, 0.3) is 0 Å². The first-order valence-corrected chi connectivity index (χ1v) is 9.83. The van der Waals surface area contributed by atoms with Gasteiger partial charge < -0.3 is 9.55 Å². The van der Waals surface area contributed by atoms with Crippen molar-refractivity contribution in [3.8, 4) is 16.8 Å². The minimum Gasteiger partial charge on any atom is -0.346 e. The fourth-order valence-electron chi connectivity index (χ4n) is 4.18. The van der Waals surface area contributed by atoms with Crippen LogP contribution in [0, 0.1) is 17.2 Å². The Morgan fingerprint density at radius 2 is 2.15 bits per heavy atom. The van der Waals surface area contributed by atoms with Crippen molar-refractivity contribution in [1.29, 1.82) is 5.26 Å². The molecule has 0 saturated heterocycles. The molecule has 0 atom stereocenters. The standard InChI is InChI=1S/C19H18N6S/c20-7-5-12-1-3-13(4-2-12)25-17-14-6-8-22-18(14)23-9-15(17)24-19(25)16-10-21-11-26-16/h6,8-13H,1-5H2,(H,22,23). The Hall–Kier alpha value is -2.72. The molecule has 0 aromatic carbocycles. The number of hydrogen-bond acceptors (Lipinski definition) is 5. The third kappa shape index (κ3) is 2.41. The molecular weight excluding hydrogens is 344 g/mol. The van der Waals surface area contributed by atoms with Crippen molar-refractivity contribution in [1.82, 2.24) is 24.5 Å². The maximum absolute atomic E-state index is 8.99. The van der Waals surface area contributed by atoms with Crippen LogP contribution in [0.15, 0.2) is 30.2 Å². The van der Waals surface area contributed by atoms with Gasteiger partial charge in [0.2, 0.25) is 0 Å². The van der Waals surface area contributed by atoms with Gasteiger partial charge in [-0.2, -0.15) is 5.26 Å². The van der Waals surface area contributed by atoms with Crippen molar-refractivity contribution in [2.45, 2.75) is 38.1 Å². The lowest BCUT2D eigenvalue weighted by atomic mass is 9.84. The van der Waals surface area contributed by atoms with Crippen LogP contribution in [0.4, 0.5) is 0 Å². The molecule has 1 fully saturated rings. The number of nitriles is 1. The Bertz CT molecular complexity index is 1090. The summed E-state index contributed by atoms with van der Waals surface area (Å²) in [5, 5.41) is 10.1. The van der Waals surface area contributed by atoms with E-state index >= 15 is 0 Å². The molecule has 1 aliphatic rings. The highest BCUT2D eigenvalue weighted by Gasteiger charge is 2.27. The molecule has 6 nitrogen and oxygen atoms in total. The minimum absolute atomic E-state index is 0.396. The number of imidazole rings is 1. The second-order valence-electron chi connectivity index (χ2n) is 6.94. The van der Waals surface area contributed by atoms with E-state index < -0.39 is 0 Å². The second kappa shape index (κ2) is 6.22. The predicted molar refractivity (Wildman–Crippen MR) is 102 cm³/mol. The number of fused-ring (bicyclic) bond motifs is 3. The number of rotatable bonds is 3. The number of H-pyrrole nitrogens is 1. The van der Waals surface area contributed by atoms with Crippen LogP contribution in [0.25, 0.3) is 32.8 Å². The molecular formula is C19H18N6S. The number of nitrogens with zero attached hydrogens (tertiary/aromatic N) is 5. The van der Waals surface area contributed by atoms with Crippen LogP contribution in [0.5, 0.6) is 0 Å². The quantitative estimate of drug-likeness (QED) is 0.573. The van der Waals surface area contributed by atoms with Crippen LogP contribution in [0.1, 0.15) is 38.1 Å². The van der Waals surface area contributed by atoms with Gasteiger partial charge in [0.15, 0.2) is 5.82 Å². The van der Waals surface area contributed by atoms with Gasteiger partial charge in [-0.1, -0.05) is 0 Å². The lowest BCUT2D eigenvalue weighted by Crippen LogP contribution is -2.18. The van der Waals surface area contributed by atoms with Gasteiger partial charge in [0.1, 0.15) is 11.2 Å². The molecule has 0 spiro atoms. The first kappa shape index (κ1) is 15.5. The molecule has 0 radical (unpaired) electrons. The van der Waals surface area contributed by atoms with E-state index in [2.05, 4.69) is 31.7 Å². The molecule has 1 N–H and O–H groups in total. The van der Waals surface area contributed by atoms with Crippen LogP contribution in [-0.2, 0) is 0 Å². The number of aromatic nitrogens is 5. The van der Waals surface area contributed by atoms with Gasteiger partial charge in [0, 0.05) is 30.2 Å². The van der Waals surface area contributed by atoms with E-state index in [-0.39, 0.29) is 0 Å². The first-order chi connectivity index (χ1) is 12.8. The summed E-state index contributed by atoms with van der Waals surface area (Å²) in [6.45, 7) is 0. The minimum atomic E-state index is 0.396. The zero-order valence-corrected chi connectivity index (χ0v) is 15.0. The number of nitrogens with one attached hydrogen (secondary N) is 1. The van der Waals surface area contributed by atoms with Gasteiger partial charge in [0.05, 0.1) is 28.2 Å². The van der Waals surface area contributed by atoms with E-state index in [1.54, 1.807) is 11.3 Å². The maximum atomic E-state index is 8.99. The normalized spacial score (nSPS) is 20.6. The SMILES string of the molecule is N#CCC1CCC(n2c(-c3cncs3)nc3cnc4[nH]ccc4c32)CC1. The van der Waals surface area contributed by atoms with Crippen molar-refractivity contribution in [3.63, 3.8) is 0 Å². The third-order valence-electron chi connectivity index (χ3n) is 5.45. The molecule has 0 bridgehead atoms. The van der Waals surface area contributed by atoms with Crippen LogP contribution >= 0.6 is 11.3 Å². The summed E-state index contributed by atoms with van der Waals surface area (Å²) < 4.78 is 2.41. The number of aromatic amines is 1. The summed E-state index contributed by atoms with van der Waals surface area (Å²) in [4.78, 5) is 18.0. The number of thiazole rings is 1. The van der Waals surface area contributed by atoms with E-state index in [1.165, 1.54) is 0 Å². The average molecular weight is 362 g/mol.